The molecule has 2 amide bonds. The Morgan fingerprint density at radius 2 is 1.84 bits per heavy atom. The van der Waals surface area contributed by atoms with Gasteiger partial charge in [0.1, 0.15) is 12.4 Å². The van der Waals surface area contributed by atoms with Crippen LogP contribution in [0.3, 0.4) is 0 Å². The molecule has 2 aliphatic heterocycles. The number of anilines is 1. The number of aryl methyl sites for hydroxylation is 1. The Bertz CT molecular complexity index is 1890. The molecule has 7 rings (SSSR count). The van der Waals surface area contributed by atoms with E-state index in [-0.39, 0.29) is 36.2 Å². The van der Waals surface area contributed by atoms with Crippen LogP contribution in [0.4, 0.5) is 5.82 Å². The maximum absolute atomic E-state index is 14.1. The number of hydrogen-bond donors (Lipinski definition) is 1. The maximum Gasteiger partial charge on any atom is 0.240 e. The van der Waals surface area contributed by atoms with Gasteiger partial charge in [0.25, 0.3) is 0 Å². The Labute approximate surface area is 265 Å². The first kappa shape index (κ1) is 28.7. The van der Waals surface area contributed by atoms with Crippen molar-refractivity contribution in [1.82, 2.24) is 20.1 Å². The first-order valence-electron chi connectivity index (χ1n) is 14.7. The fourth-order valence-corrected chi connectivity index (χ4v) is 6.89. The molecule has 2 aliphatic rings. The number of nitrogens with zero attached hydrogens (tertiary/aromatic N) is 4. The van der Waals surface area contributed by atoms with Crippen molar-refractivity contribution in [3.8, 4) is 28.4 Å². The van der Waals surface area contributed by atoms with Crippen LogP contribution >= 0.6 is 11.8 Å². The molecule has 0 unspecified atom stereocenters. The molecule has 0 saturated heterocycles. The Hall–Kier alpha value is -5.09. The molecule has 1 atom stereocenters. The second kappa shape index (κ2) is 12.1. The van der Waals surface area contributed by atoms with Crippen LogP contribution in [-0.4, -0.2) is 45.7 Å². The minimum absolute atomic E-state index is 0.161. The number of fused-ring (bicyclic) bond motifs is 2. The molecule has 0 bridgehead atoms. The van der Waals surface area contributed by atoms with E-state index in [4.69, 9.17) is 14.6 Å². The lowest BCUT2D eigenvalue weighted by Gasteiger charge is -2.24. The minimum Gasteiger partial charge on any atom is -0.454 e. The van der Waals surface area contributed by atoms with Crippen molar-refractivity contribution < 1.29 is 19.1 Å². The number of aromatic nitrogens is 3. The molecular formula is C35H31N5O4S. The molecule has 0 aliphatic carbocycles. The van der Waals surface area contributed by atoms with Crippen LogP contribution in [0, 0.1) is 13.8 Å². The van der Waals surface area contributed by atoms with Crippen LogP contribution in [-0.2, 0) is 16.1 Å². The van der Waals surface area contributed by atoms with Crippen molar-refractivity contribution in [1.29, 1.82) is 0 Å². The van der Waals surface area contributed by atoms with Crippen molar-refractivity contribution in [3.63, 3.8) is 0 Å². The van der Waals surface area contributed by atoms with E-state index in [1.165, 1.54) is 11.8 Å². The quantitative estimate of drug-likeness (QED) is 0.248. The minimum atomic E-state index is -0.282. The number of hydrogen-bond acceptors (Lipinski definition) is 7. The summed E-state index contributed by atoms with van der Waals surface area (Å²) in [5.41, 5.74) is 7.33. The highest BCUT2D eigenvalue weighted by Crippen LogP contribution is 2.50. The molecular weight excluding hydrogens is 586 g/mol. The standard InChI is InChI=1S/C35H31N5O4S/c1-22-8-6-12-27(23(22)2)40-35-32(33(38-40)25-10-4-3-5-11-25)34(26-13-14-28-29(16-26)44-21-43-28)45-20-31(42)39(35)19-30(41)37-18-24-9-7-15-36-17-24/h3-17,34H,18-21H2,1-2H3,(H,37,41)/t34-/m0/s1. The fourth-order valence-electron chi connectivity index (χ4n) is 5.70. The molecule has 0 radical (unpaired) electrons. The third-order valence-corrected chi connectivity index (χ3v) is 9.41. The van der Waals surface area contributed by atoms with Gasteiger partial charge >= 0.3 is 0 Å². The molecule has 3 aromatic carbocycles. The van der Waals surface area contributed by atoms with E-state index >= 15 is 0 Å². The summed E-state index contributed by atoms with van der Waals surface area (Å²) in [6.07, 6.45) is 3.40. The number of ether oxygens (including phenoxy) is 2. The predicted molar refractivity (Wildman–Crippen MR) is 174 cm³/mol. The zero-order valence-corrected chi connectivity index (χ0v) is 25.7. The molecule has 1 N–H and O–H groups in total. The zero-order valence-electron chi connectivity index (χ0n) is 24.9. The van der Waals surface area contributed by atoms with Crippen LogP contribution in [0.25, 0.3) is 16.9 Å². The molecule has 0 saturated carbocycles. The molecule has 45 heavy (non-hydrogen) atoms. The van der Waals surface area contributed by atoms with Crippen molar-refractivity contribution >= 4 is 29.4 Å². The van der Waals surface area contributed by atoms with Crippen LogP contribution in [0.1, 0.15) is 33.1 Å². The van der Waals surface area contributed by atoms with Gasteiger partial charge in [-0.15, -0.1) is 11.8 Å². The van der Waals surface area contributed by atoms with E-state index in [0.717, 1.165) is 44.8 Å². The highest BCUT2D eigenvalue weighted by atomic mass is 32.2. The van der Waals surface area contributed by atoms with Gasteiger partial charge in [0.05, 0.1) is 22.4 Å². The third-order valence-electron chi connectivity index (χ3n) is 8.15. The van der Waals surface area contributed by atoms with E-state index in [1.807, 2.05) is 77.5 Å². The van der Waals surface area contributed by atoms with Gasteiger partial charge in [-0.25, -0.2) is 4.68 Å². The average Bonchev–Trinajstić information content (AvgIpc) is 3.67. The molecule has 9 nitrogen and oxygen atoms in total. The highest BCUT2D eigenvalue weighted by Gasteiger charge is 2.38. The van der Waals surface area contributed by atoms with Gasteiger partial charge in [-0.1, -0.05) is 54.6 Å². The first-order chi connectivity index (χ1) is 22.0. The lowest BCUT2D eigenvalue weighted by Crippen LogP contribution is -2.42. The largest absolute Gasteiger partial charge is 0.454 e. The molecule has 5 aromatic rings. The zero-order chi connectivity index (χ0) is 30.9. The van der Waals surface area contributed by atoms with Gasteiger partial charge in [0.15, 0.2) is 11.5 Å². The lowest BCUT2D eigenvalue weighted by atomic mass is 9.99. The number of nitrogens with one attached hydrogen (secondary N) is 1. The smallest absolute Gasteiger partial charge is 0.240 e. The molecule has 226 valence electrons. The van der Waals surface area contributed by atoms with E-state index in [0.29, 0.717) is 23.9 Å². The van der Waals surface area contributed by atoms with Crippen LogP contribution in [0.5, 0.6) is 11.5 Å². The van der Waals surface area contributed by atoms with Gasteiger partial charge in [-0.2, -0.15) is 5.10 Å². The summed E-state index contributed by atoms with van der Waals surface area (Å²) >= 11 is 1.52. The number of thioether (sulfide) groups is 1. The Morgan fingerprint density at radius 1 is 1.00 bits per heavy atom. The van der Waals surface area contributed by atoms with E-state index < -0.39 is 0 Å². The van der Waals surface area contributed by atoms with Gasteiger partial charge < -0.3 is 14.8 Å². The Balaban J connectivity index is 1.41. The topological polar surface area (TPSA) is 98.6 Å². The number of rotatable bonds is 7. The lowest BCUT2D eigenvalue weighted by molar-refractivity contribution is -0.123. The molecule has 2 aromatic heterocycles. The van der Waals surface area contributed by atoms with Crippen molar-refractivity contribution in [3.05, 3.63) is 119 Å². The van der Waals surface area contributed by atoms with Crippen LogP contribution < -0.4 is 19.7 Å². The molecule has 10 heteroatoms. The van der Waals surface area contributed by atoms with E-state index in [1.54, 1.807) is 17.3 Å². The first-order valence-corrected chi connectivity index (χ1v) is 15.7. The fraction of sp³-hybridized carbons (Fsp3) is 0.200. The van der Waals surface area contributed by atoms with Crippen molar-refractivity contribution in [2.24, 2.45) is 0 Å². The number of carbonyl (C=O) groups excluding carboxylic acids is 2. The number of carbonyl (C=O) groups is 2. The monoisotopic (exact) mass is 617 g/mol. The van der Waals surface area contributed by atoms with Gasteiger partial charge in [-0.3, -0.25) is 19.5 Å². The van der Waals surface area contributed by atoms with Crippen LogP contribution in [0.2, 0.25) is 0 Å². The van der Waals surface area contributed by atoms with Gasteiger partial charge in [-0.05, 0) is 60.4 Å². The molecule has 0 spiro atoms. The third kappa shape index (κ3) is 5.53. The van der Waals surface area contributed by atoms with Crippen LogP contribution in [0.15, 0.2) is 91.3 Å². The summed E-state index contributed by atoms with van der Waals surface area (Å²) in [5, 5.41) is 7.91. The maximum atomic E-state index is 14.1. The summed E-state index contributed by atoms with van der Waals surface area (Å²) in [4.78, 5) is 33.3. The average molecular weight is 618 g/mol. The van der Waals surface area contributed by atoms with E-state index in [2.05, 4.69) is 30.2 Å². The second-order valence-electron chi connectivity index (χ2n) is 11.0. The highest BCUT2D eigenvalue weighted by molar-refractivity contribution is 8.00. The summed E-state index contributed by atoms with van der Waals surface area (Å²) in [7, 11) is 0. The Kier molecular flexibility index (Phi) is 7.72. The number of pyridine rings is 1. The van der Waals surface area contributed by atoms with Gasteiger partial charge in [0.2, 0.25) is 18.6 Å². The SMILES string of the molecule is Cc1cccc(-n2nc(-c3ccccc3)c3c2N(CC(=O)NCc2cccnc2)C(=O)CS[C@H]3c2ccc3c(c2)OCO3)c1C. The van der Waals surface area contributed by atoms with Gasteiger partial charge in [0, 0.05) is 30.1 Å². The summed E-state index contributed by atoms with van der Waals surface area (Å²) in [6, 6.07) is 25.6. The summed E-state index contributed by atoms with van der Waals surface area (Å²) < 4.78 is 13.2. The number of amides is 2. The van der Waals surface area contributed by atoms with E-state index in [9.17, 15) is 9.59 Å². The predicted octanol–water partition coefficient (Wildman–Crippen LogP) is 5.77. The summed E-state index contributed by atoms with van der Waals surface area (Å²) in [6.45, 7) is 4.42. The number of benzene rings is 3. The molecule has 4 heterocycles. The Morgan fingerprint density at radius 3 is 2.67 bits per heavy atom. The van der Waals surface area contributed by atoms with Crippen molar-refractivity contribution in [2.75, 3.05) is 24.0 Å². The van der Waals surface area contributed by atoms with Crippen molar-refractivity contribution in [2.45, 2.75) is 25.6 Å². The molecule has 0 fully saturated rings. The normalized spacial score (nSPS) is 15.5. The summed E-state index contributed by atoms with van der Waals surface area (Å²) in [5.74, 6) is 1.66. The second-order valence-corrected chi connectivity index (χ2v) is 12.1.